The van der Waals surface area contributed by atoms with Gasteiger partial charge in [-0.25, -0.2) is 0 Å². The maximum absolute atomic E-state index is 13.4. The molecule has 6 aliphatic rings. The molecule has 0 aromatic heterocycles. The SMILES string of the molecule is O=C(N1CC[C@@H]2CNC[C@@H]2CC1)C12CC3CC(CC(C3)C1)C2. The van der Waals surface area contributed by atoms with E-state index in [-0.39, 0.29) is 5.41 Å². The van der Waals surface area contributed by atoms with Crippen LogP contribution in [0.15, 0.2) is 0 Å². The van der Waals surface area contributed by atoms with Gasteiger partial charge in [0.1, 0.15) is 0 Å². The van der Waals surface area contributed by atoms with Crippen LogP contribution < -0.4 is 5.32 Å². The summed E-state index contributed by atoms with van der Waals surface area (Å²) < 4.78 is 0. The molecule has 0 aromatic rings. The quantitative estimate of drug-likeness (QED) is 0.807. The van der Waals surface area contributed by atoms with Gasteiger partial charge in [0.2, 0.25) is 5.91 Å². The van der Waals surface area contributed by atoms with Gasteiger partial charge in [0.05, 0.1) is 5.41 Å². The molecule has 0 unspecified atom stereocenters. The Labute approximate surface area is 134 Å². The van der Waals surface area contributed by atoms with Gasteiger partial charge in [0.25, 0.3) is 0 Å². The molecule has 0 radical (unpaired) electrons. The lowest BCUT2D eigenvalue weighted by molar-refractivity contribution is -0.157. The molecule has 6 fully saturated rings. The van der Waals surface area contributed by atoms with Crippen molar-refractivity contribution in [2.24, 2.45) is 35.0 Å². The van der Waals surface area contributed by atoms with Crippen LogP contribution in [-0.4, -0.2) is 37.0 Å². The summed E-state index contributed by atoms with van der Waals surface area (Å²) in [6.07, 6.45) is 10.4. The molecular weight excluding hydrogens is 272 g/mol. The summed E-state index contributed by atoms with van der Waals surface area (Å²) in [5.74, 6) is 4.87. The number of hydrogen-bond acceptors (Lipinski definition) is 2. The highest BCUT2D eigenvalue weighted by Crippen LogP contribution is 2.60. The van der Waals surface area contributed by atoms with Gasteiger partial charge in [0, 0.05) is 13.1 Å². The molecule has 4 aliphatic carbocycles. The predicted octanol–water partition coefficient (Wildman–Crippen LogP) is 2.66. The topological polar surface area (TPSA) is 32.3 Å². The van der Waals surface area contributed by atoms with Gasteiger partial charge < -0.3 is 10.2 Å². The number of fused-ring (bicyclic) bond motifs is 1. The first kappa shape index (κ1) is 13.8. The monoisotopic (exact) mass is 302 g/mol. The Kier molecular flexibility index (Phi) is 3.12. The number of carbonyl (C=O) groups excluding carboxylic acids is 1. The molecule has 2 atom stereocenters. The van der Waals surface area contributed by atoms with Crippen LogP contribution in [0.3, 0.4) is 0 Å². The van der Waals surface area contributed by atoms with Gasteiger partial charge in [0.15, 0.2) is 0 Å². The molecule has 122 valence electrons. The number of nitrogens with zero attached hydrogens (tertiary/aromatic N) is 1. The molecule has 4 saturated carbocycles. The number of nitrogens with one attached hydrogen (secondary N) is 1. The highest BCUT2D eigenvalue weighted by molar-refractivity contribution is 5.83. The van der Waals surface area contributed by atoms with Gasteiger partial charge >= 0.3 is 0 Å². The predicted molar refractivity (Wildman–Crippen MR) is 86.3 cm³/mol. The lowest BCUT2D eigenvalue weighted by Gasteiger charge is -2.56. The fourth-order valence-corrected chi connectivity index (χ4v) is 7.13. The minimum absolute atomic E-state index is 0.0758. The first-order valence-electron chi connectivity index (χ1n) is 9.72. The van der Waals surface area contributed by atoms with E-state index in [9.17, 15) is 4.79 Å². The van der Waals surface area contributed by atoms with Gasteiger partial charge in [-0.2, -0.15) is 0 Å². The van der Waals surface area contributed by atoms with Crippen molar-refractivity contribution in [3.63, 3.8) is 0 Å². The van der Waals surface area contributed by atoms with Crippen molar-refractivity contribution < 1.29 is 4.79 Å². The standard InChI is InChI=1S/C19H30N2O/c22-18(21-3-1-16-11-20-12-17(16)2-4-21)19-8-13-5-14(9-19)7-15(6-13)10-19/h13-17,20H,1-12H2/t13?,14?,15?,16-,17+,19?. The van der Waals surface area contributed by atoms with E-state index in [2.05, 4.69) is 10.2 Å². The Morgan fingerprint density at radius 3 is 1.86 bits per heavy atom. The average Bonchev–Trinajstić information content (AvgIpc) is 2.84. The molecule has 1 amide bonds. The third kappa shape index (κ3) is 2.07. The molecule has 1 N–H and O–H groups in total. The van der Waals surface area contributed by atoms with Crippen LogP contribution >= 0.6 is 0 Å². The molecule has 6 rings (SSSR count). The molecular formula is C19H30N2O. The van der Waals surface area contributed by atoms with Gasteiger partial charge in [-0.15, -0.1) is 0 Å². The third-order valence-corrected chi connectivity index (χ3v) is 7.80. The van der Waals surface area contributed by atoms with E-state index in [1.807, 2.05) is 0 Å². The van der Waals surface area contributed by atoms with Gasteiger partial charge in [-0.3, -0.25) is 4.79 Å². The van der Waals surface area contributed by atoms with E-state index in [1.165, 1.54) is 64.5 Å². The van der Waals surface area contributed by atoms with Crippen molar-refractivity contribution in [1.82, 2.24) is 10.2 Å². The van der Waals surface area contributed by atoms with E-state index in [0.717, 1.165) is 42.7 Å². The molecule has 2 saturated heterocycles. The summed E-state index contributed by atoms with van der Waals surface area (Å²) in [5, 5.41) is 3.54. The maximum Gasteiger partial charge on any atom is 0.228 e. The Balaban J connectivity index is 1.34. The van der Waals surface area contributed by atoms with Crippen LogP contribution in [0, 0.1) is 35.0 Å². The summed E-state index contributed by atoms with van der Waals surface area (Å²) >= 11 is 0. The molecule has 4 bridgehead atoms. The van der Waals surface area contributed by atoms with E-state index < -0.39 is 0 Å². The molecule has 2 aliphatic heterocycles. The fraction of sp³-hybridized carbons (Fsp3) is 0.947. The number of likely N-dealkylation sites (tertiary alicyclic amines) is 1. The van der Waals surface area contributed by atoms with Crippen molar-refractivity contribution in [2.45, 2.75) is 51.4 Å². The average molecular weight is 302 g/mol. The Morgan fingerprint density at radius 1 is 0.864 bits per heavy atom. The molecule has 2 heterocycles. The molecule has 0 spiro atoms. The molecule has 3 heteroatoms. The van der Waals surface area contributed by atoms with E-state index in [4.69, 9.17) is 0 Å². The summed E-state index contributed by atoms with van der Waals surface area (Å²) in [6.45, 7) is 4.43. The number of carbonyl (C=O) groups is 1. The highest BCUT2D eigenvalue weighted by atomic mass is 16.2. The van der Waals surface area contributed by atoms with Crippen LogP contribution in [-0.2, 0) is 4.79 Å². The zero-order valence-electron chi connectivity index (χ0n) is 13.7. The van der Waals surface area contributed by atoms with Crippen LogP contribution in [0.4, 0.5) is 0 Å². The van der Waals surface area contributed by atoms with Crippen LogP contribution in [0.25, 0.3) is 0 Å². The smallest absolute Gasteiger partial charge is 0.228 e. The summed E-state index contributed by atoms with van der Waals surface area (Å²) in [6, 6.07) is 0. The van der Waals surface area contributed by atoms with Crippen LogP contribution in [0.2, 0.25) is 0 Å². The first-order valence-corrected chi connectivity index (χ1v) is 9.72. The second-order valence-corrected chi connectivity index (χ2v) is 9.25. The molecule has 0 aromatic carbocycles. The maximum atomic E-state index is 13.4. The normalized spacial score (nSPS) is 50.0. The van der Waals surface area contributed by atoms with Crippen molar-refractivity contribution in [3.8, 4) is 0 Å². The largest absolute Gasteiger partial charge is 0.342 e. The van der Waals surface area contributed by atoms with Gasteiger partial charge in [-0.05, 0) is 94.0 Å². The summed E-state index contributed by atoms with van der Waals surface area (Å²) in [4.78, 5) is 15.7. The minimum atomic E-state index is 0.0758. The summed E-state index contributed by atoms with van der Waals surface area (Å²) in [5.41, 5.74) is 0.0758. The Morgan fingerprint density at radius 2 is 1.36 bits per heavy atom. The van der Waals surface area contributed by atoms with Gasteiger partial charge in [-0.1, -0.05) is 0 Å². The van der Waals surface area contributed by atoms with Crippen molar-refractivity contribution in [1.29, 1.82) is 0 Å². The number of rotatable bonds is 1. The van der Waals surface area contributed by atoms with E-state index in [1.54, 1.807) is 0 Å². The lowest BCUT2D eigenvalue weighted by Crippen LogP contribution is -2.54. The van der Waals surface area contributed by atoms with Crippen molar-refractivity contribution in [3.05, 3.63) is 0 Å². The zero-order chi connectivity index (χ0) is 14.7. The molecule has 3 nitrogen and oxygen atoms in total. The van der Waals surface area contributed by atoms with Crippen LogP contribution in [0.5, 0.6) is 0 Å². The number of amides is 1. The first-order chi connectivity index (χ1) is 10.7. The third-order valence-electron chi connectivity index (χ3n) is 7.80. The highest BCUT2D eigenvalue weighted by Gasteiger charge is 2.55. The van der Waals surface area contributed by atoms with Crippen LogP contribution in [0.1, 0.15) is 51.4 Å². The number of hydrogen-bond donors (Lipinski definition) is 1. The lowest BCUT2D eigenvalue weighted by atomic mass is 9.49. The second kappa shape index (κ2) is 4.96. The zero-order valence-corrected chi connectivity index (χ0v) is 13.7. The van der Waals surface area contributed by atoms with Crippen molar-refractivity contribution >= 4 is 5.91 Å². The van der Waals surface area contributed by atoms with Crippen molar-refractivity contribution in [2.75, 3.05) is 26.2 Å². The summed E-state index contributed by atoms with van der Waals surface area (Å²) in [7, 11) is 0. The Bertz CT molecular complexity index is 425. The molecule has 22 heavy (non-hydrogen) atoms. The minimum Gasteiger partial charge on any atom is -0.342 e. The fourth-order valence-electron chi connectivity index (χ4n) is 7.13. The van der Waals surface area contributed by atoms with E-state index in [0.29, 0.717) is 5.91 Å². The van der Waals surface area contributed by atoms with E-state index >= 15 is 0 Å². The Hall–Kier alpha value is -0.570. The second-order valence-electron chi connectivity index (χ2n) is 9.25.